The lowest BCUT2D eigenvalue weighted by Crippen LogP contribution is -2.11. The van der Waals surface area contributed by atoms with Crippen LogP contribution in [0.1, 0.15) is 0 Å². The van der Waals surface area contributed by atoms with Crippen LogP contribution in [0.3, 0.4) is 0 Å². The van der Waals surface area contributed by atoms with Gasteiger partial charge in [-0.05, 0) is 131 Å². The zero-order valence-corrected chi connectivity index (χ0v) is 33.7. The van der Waals surface area contributed by atoms with E-state index in [4.69, 9.17) is 11.6 Å². The van der Waals surface area contributed by atoms with Gasteiger partial charge in [0.15, 0.2) is 0 Å². The van der Waals surface area contributed by atoms with Gasteiger partial charge < -0.3 is 9.80 Å². The smallest absolute Gasteiger partial charge is 0.0555 e. The van der Waals surface area contributed by atoms with Gasteiger partial charge in [-0.1, -0.05) is 163 Å². The predicted octanol–water partition coefficient (Wildman–Crippen LogP) is 17.4. The zero-order valence-electron chi connectivity index (χ0n) is 33.0. The van der Waals surface area contributed by atoms with Crippen molar-refractivity contribution in [2.75, 3.05) is 9.80 Å². The molecule has 0 heterocycles. The Morgan fingerprint density at radius 1 is 0.246 bits per heavy atom. The summed E-state index contributed by atoms with van der Waals surface area (Å²) in [5.41, 5.74) is 6.57. The van der Waals surface area contributed by atoms with Gasteiger partial charge in [0.25, 0.3) is 0 Å². The maximum atomic E-state index is 7.21. The molecule has 0 unspecified atom stereocenters. The molecule has 2 nitrogen and oxygen atoms in total. The van der Waals surface area contributed by atoms with Crippen molar-refractivity contribution in [3.8, 4) is 0 Å². The van der Waals surface area contributed by atoms with Crippen LogP contribution in [0.25, 0.3) is 86.2 Å². The molecule has 0 aliphatic carbocycles. The topological polar surface area (TPSA) is 6.48 Å². The van der Waals surface area contributed by atoms with Crippen molar-refractivity contribution in [3.05, 3.63) is 217 Å². The normalized spacial score (nSPS) is 12.0. The number of hydrogen-bond donors (Lipinski definition) is 0. The maximum Gasteiger partial charge on any atom is 0.0555 e. The summed E-state index contributed by atoms with van der Waals surface area (Å²) >= 11 is 7.21. The lowest BCUT2D eigenvalue weighted by Gasteiger charge is -2.29. The average Bonchev–Trinajstić information content (AvgIpc) is 3.31. The molecule has 0 atom stereocenters. The number of rotatable bonds is 6. The number of hydrogen-bond acceptors (Lipinski definition) is 2. The van der Waals surface area contributed by atoms with Crippen LogP contribution in [0.5, 0.6) is 0 Å². The van der Waals surface area contributed by atoms with Crippen LogP contribution in [0.15, 0.2) is 212 Å². The Bertz CT molecular complexity index is 3810. The van der Waals surface area contributed by atoms with E-state index in [-0.39, 0.29) is 0 Å². The molecule has 0 aromatic heterocycles. The van der Waals surface area contributed by atoms with E-state index in [0.717, 1.165) is 55.7 Å². The highest BCUT2D eigenvalue weighted by atomic mass is 35.5. The summed E-state index contributed by atoms with van der Waals surface area (Å²) in [6.07, 6.45) is 0. The average molecular weight is 795 g/mol. The molecule has 284 valence electrons. The number of benzene rings is 13. The van der Waals surface area contributed by atoms with E-state index in [9.17, 15) is 0 Å². The number of fused-ring (bicyclic) bond motifs is 3. The second kappa shape index (κ2) is 13.2. The second-order valence-electron chi connectivity index (χ2n) is 16.2. The van der Waals surface area contributed by atoms with Gasteiger partial charge in [0, 0.05) is 38.2 Å². The molecule has 13 rings (SSSR count). The lowest BCUT2D eigenvalue weighted by atomic mass is 9.92. The summed E-state index contributed by atoms with van der Waals surface area (Å²) in [5.74, 6) is 0. The van der Waals surface area contributed by atoms with E-state index in [2.05, 4.69) is 222 Å². The molecule has 0 bridgehead atoms. The number of nitrogens with zero attached hydrogens (tertiary/aromatic N) is 2. The monoisotopic (exact) mass is 794 g/mol. The summed E-state index contributed by atoms with van der Waals surface area (Å²) < 4.78 is 0. The third-order valence-electron chi connectivity index (χ3n) is 12.9. The summed E-state index contributed by atoms with van der Waals surface area (Å²) in [5, 5.41) is 20.4. The molecular weight excluding hydrogens is 760 g/mol. The van der Waals surface area contributed by atoms with Crippen LogP contribution in [-0.2, 0) is 0 Å². The first-order valence-electron chi connectivity index (χ1n) is 20.9. The van der Waals surface area contributed by atoms with E-state index >= 15 is 0 Å². The van der Waals surface area contributed by atoms with Gasteiger partial charge in [-0.3, -0.25) is 0 Å². The molecule has 3 heteroatoms. The Hall–Kier alpha value is -7.65. The predicted molar refractivity (Wildman–Crippen MR) is 263 cm³/mol. The summed E-state index contributed by atoms with van der Waals surface area (Å²) in [7, 11) is 0. The van der Waals surface area contributed by atoms with E-state index in [1.54, 1.807) is 0 Å². The van der Waals surface area contributed by atoms with Crippen LogP contribution in [-0.4, -0.2) is 0 Å². The van der Waals surface area contributed by atoms with E-state index in [0.29, 0.717) is 5.02 Å². The second-order valence-corrected chi connectivity index (χ2v) is 16.7. The van der Waals surface area contributed by atoms with Crippen LogP contribution in [0.2, 0.25) is 5.02 Å². The fourth-order valence-electron chi connectivity index (χ4n) is 10.3. The van der Waals surface area contributed by atoms with Crippen molar-refractivity contribution in [3.63, 3.8) is 0 Å². The van der Waals surface area contributed by atoms with Crippen molar-refractivity contribution in [2.24, 2.45) is 0 Å². The number of para-hydroxylation sites is 2. The minimum Gasteiger partial charge on any atom is -0.310 e. The minimum atomic E-state index is 0.692. The Kier molecular flexibility index (Phi) is 7.40. The van der Waals surface area contributed by atoms with E-state index in [1.165, 1.54) is 64.6 Å². The van der Waals surface area contributed by atoms with Crippen LogP contribution >= 0.6 is 11.6 Å². The van der Waals surface area contributed by atoms with Gasteiger partial charge in [-0.2, -0.15) is 0 Å². The molecular formula is C58H35ClN2. The first-order valence-corrected chi connectivity index (χ1v) is 21.2. The van der Waals surface area contributed by atoms with Crippen molar-refractivity contribution in [2.45, 2.75) is 0 Å². The van der Waals surface area contributed by atoms with Crippen LogP contribution in [0.4, 0.5) is 34.1 Å². The Labute approximate surface area is 357 Å². The lowest BCUT2D eigenvalue weighted by molar-refractivity contribution is 1.30. The van der Waals surface area contributed by atoms with Gasteiger partial charge in [0.2, 0.25) is 0 Å². The molecule has 0 saturated heterocycles. The van der Waals surface area contributed by atoms with E-state index < -0.39 is 0 Å². The summed E-state index contributed by atoms with van der Waals surface area (Å²) in [6, 6.07) is 77.5. The highest BCUT2D eigenvalue weighted by Gasteiger charge is 2.23. The minimum absolute atomic E-state index is 0.692. The maximum absolute atomic E-state index is 7.21. The van der Waals surface area contributed by atoms with Gasteiger partial charge in [0.1, 0.15) is 0 Å². The molecule has 61 heavy (non-hydrogen) atoms. The summed E-state index contributed by atoms with van der Waals surface area (Å²) in [4.78, 5) is 4.80. The number of anilines is 6. The van der Waals surface area contributed by atoms with Crippen molar-refractivity contribution < 1.29 is 0 Å². The van der Waals surface area contributed by atoms with Crippen LogP contribution < -0.4 is 9.80 Å². The highest BCUT2D eigenvalue weighted by molar-refractivity contribution is 6.33. The van der Waals surface area contributed by atoms with Crippen molar-refractivity contribution >= 4 is 132 Å². The quantitative estimate of drug-likeness (QED) is 0.155. The molecule has 0 fully saturated rings. The zero-order chi connectivity index (χ0) is 40.2. The molecule has 0 aliphatic heterocycles. The van der Waals surface area contributed by atoms with Gasteiger partial charge in [-0.15, -0.1) is 0 Å². The first-order chi connectivity index (χ1) is 30.2. The van der Waals surface area contributed by atoms with Gasteiger partial charge in [-0.25, -0.2) is 0 Å². The van der Waals surface area contributed by atoms with Crippen molar-refractivity contribution in [1.29, 1.82) is 0 Å². The van der Waals surface area contributed by atoms with Gasteiger partial charge in [0.05, 0.1) is 17.1 Å². The van der Waals surface area contributed by atoms with Crippen LogP contribution in [0, 0.1) is 0 Å². The SMILES string of the molecule is Clc1cc(N(c2ccccc2)c2ccc3ccc4cccc5ccc2c3c45)c2ccc3cc(N(c4ccccc4)c4ccc5ccc6cccc7ccc4c5c67)ccc3c2c1. The molecule has 0 saturated carbocycles. The van der Waals surface area contributed by atoms with Gasteiger partial charge >= 0.3 is 0 Å². The van der Waals surface area contributed by atoms with Crippen molar-refractivity contribution in [1.82, 2.24) is 0 Å². The molecule has 0 radical (unpaired) electrons. The largest absolute Gasteiger partial charge is 0.310 e. The molecule has 13 aromatic rings. The Balaban J connectivity index is 1.02. The molecule has 0 spiro atoms. The summed E-state index contributed by atoms with van der Waals surface area (Å²) in [6.45, 7) is 0. The van der Waals surface area contributed by atoms with E-state index in [1.807, 2.05) is 0 Å². The fraction of sp³-hybridized carbons (Fsp3) is 0. The first kappa shape index (κ1) is 34.2. The third kappa shape index (κ3) is 5.16. The molecule has 13 aromatic carbocycles. The fourth-order valence-corrected chi connectivity index (χ4v) is 10.5. The Morgan fingerprint density at radius 3 is 1.26 bits per heavy atom. The standard InChI is InChI=1S/C58H35ClN2/c59-43-34-51-47-30-26-46(60(44-13-3-1-4-14-44)52-31-24-40-19-17-36-9-7-11-38-21-28-49(52)57(40)55(36)38)33-42(47)23-27-48(51)54(35-43)61(45-15-5-2-6-16-45)53-32-25-41-20-18-37-10-8-12-39-22-29-50(53)58(41)56(37)39/h1-35H. The Morgan fingerprint density at radius 2 is 0.689 bits per heavy atom. The highest BCUT2D eigenvalue weighted by Crippen LogP contribution is 2.49. The molecule has 0 amide bonds. The molecule has 0 N–H and O–H groups in total. The third-order valence-corrected chi connectivity index (χ3v) is 13.1. The number of halogens is 1. The molecule has 0 aliphatic rings.